The van der Waals surface area contributed by atoms with Gasteiger partial charge >= 0.3 is 0 Å². The molecule has 2 aromatic heterocycles. The van der Waals surface area contributed by atoms with Gasteiger partial charge in [-0.1, -0.05) is 36.4 Å². The van der Waals surface area contributed by atoms with E-state index in [0.29, 0.717) is 0 Å². The lowest BCUT2D eigenvalue weighted by Crippen LogP contribution is -1.89. The van der Waals surface area contributed by atoms with Gasteiger partial charge in [-0.15, -0.1) is 0 Å². The molecule has 4 aromatic rings. The third-order valence-electron chi connectivity index (χ3n) is 3.70. The maximum Gasteiger partial charge on any atom is 0.137 e. The number of imidazole rings is 1. The first kappa shape index (κ1) is 12.8. The van der Waals surface area contributed by atoms with E-state index < -0.39 is 0 Å². The molecule has 0 amide bonds. The molecule has 2 nitrogen and oxygen atoms in total. The summed E-state index contributed by atoms with van der Waals surface area (Å²) in [5, 5.41) is 0. The van der Waals surface area contributed by atoms with Gasteiger partial charge in [0.2, 0.25) is 0 Å². The summed E-state index contributed by atoms with van der Waals surface area (Å²) in [6.45, 7) is 0. The normalized spacial score (nSPS) is 11.0. The molecule has 0 aliphatic heterocycles. The van der Waals surface area contributed by atoms with Crippen molar-refractivity contribution in [2.75, 3.05) is 0 Å². The van der Waals surface area contributed by atoms with E-state index in [2.05, 4.69) is 27.6 Å². The molecular weight excluding hydrogens is 275 g/mol. The SMILES string of the molecule is Fc1ccc(-c2cn3c(-c4ccccc4)cccc3n2)cc1. The molecular formula is C19H13FN2. The van der Waals surface area contributed by atoms with Crippen LogP contribution in [-0.2, 0) is 0 Å². The van der Waals surface area contributed by atoms with Crippen LogP contribution in [0, 0.1) is 5.82 Å². The second-order valence-corrected chi connectivity index (χ2v) is 5.14. The Balaban J connectivity index is 1.89. The fourth-order valence-electron chi connectivity index (χ4n) is 2.61. The second-order valence-electron chi connectivity index (χ2n) is 5.14. The lowest BCUT2D eigenvalue weighted by atomic mass is 10.1. The van der Waals surface area contributed by atoms with E-state index in [1.54, 1.807) is 12.1 Å². The van der Waals surface area contributed by atoms with Gasteiger partial charge in [0.05, 0.1) is 11.4 Å². The molecule has 0 N–H and O–H groups in total. The lowest BCUT2D eigenvalue weighted by Gasteiger charge is -2.04. The molecule has 0 aliphatic rings. The average molecular weight is 288 g/mol. The van der Waals surface area contributed by atoms with Crippen LogP contribution in [0.3, 0.4) is 0 Å². The molecule has 0 aliphatic carbocycles. The van der Waals surface area contributed by atoms with Crippen molar-refractivity contribution in [3.8, 4) is 22.5 Å². The Morgan fingerprint density at radius 3 is 2.27 bits per heavy atom. The Hall–Kier alpha value is -2.94. The van der Waals surface area contributed by atoms with Crippen molar-refractivity contribution in [3.63, 3.8) is 0 Å². The smallest absolute Gasteiger partial charge is 0.137 e. The summed E-state index contributed by atoms with van der Waals surface area (Å²) < 4.78 is 15.1. The predicted molar refractivity (Wildman–Crippen MR) is 86.0 cm³/mol. The van der Waals surface area contributed by atoms with Crippen LogP contribution in [0.25, 0.3) is 28.2 Å². The third-order valence-corrected chi connectivity index (χ3v) is 3.70. The van der Waals surface area contributed by atoms with Crippen molar-refractivity contribution in [2.45, 2.75) is 0 Å². The number of halogens is 1. The Kier molecular flexibility index (Phi) is 2.97. The Morgan fingerprint density at radius 2 is 1.50 bits per heavy atom. The van der Waals surface area contributed by atoms with E-state index in [4.69, 9.17) is 0 Å². The largest absolute Gasteiger partial charge is 0.299 e. The molecule has 0 saturated carbocycles. The van der Waals surface area contributed by atoms with Gasteiger partial charge in [0, 0.05) is 11.8 Å². The van der Waals surface area contributed by atoms with Gasteiger partial charge in [-0.05, 0) is 42.0 Å². The molecule has 0 atom stereocenters. The zero-order valence-electron chi connectivity index (χ0n) is 11.8. The minimum absolute atomic E-state index is 0.238. The molecule has 0 radical (unpaired) electrons. The topological polar surface area (TPSA) is 17.3 Å². The van der Waals surface area contributed by atoms with Crippen LogP contribution in [0.15, 0.2) is 79.0 Å². The number of rotatable bonds is 2. The molecule has 4 rings (SSSR count). The predicted octanol–water partition coefficient (Wildman–Crippen LogP) is 4.81. The maximum absolute atomic E-state index is 13.1. The van der Waals surface area contributed by atoms with Crippen molar-refractivity contribution < 1.29 is 4.39 Å². The van der Waals surface area contributed by atoms with Crippen molar-refractivity contribution in [1.82, 2.24) is 9.38 Å². The zero-order valence-corrected chi connectivity index (χ0v) is 11.8. The zero-order chi connectivity index (χ0) is 14.9. The van der Waals surface area contributed by atoms with E-state index in [0.717, 1.165) is 28.2 Å². The van der Waals surface area contributed by atoms with Crippen molar-refractivity contribution in [2.24, 2.45) is 0 Å². The van der Waals surface area contributed by atoms with Gasteiger partial charge < -0.3 is 0 Å². The molecule has 22 heavy (non-hydrogen) atoms. The van der Waals surface area contributed by atoms with Crippen molar-refractivity contribution in [3.05, 3.63) is 84.8 Å². The van der Waals surface area contributed by atoms with Gasteiger partial charge in [0.1, 0.15) is 11.5 Å². The van der Waals surface area contributed by atoms with E-state index >= 15 is 0 Å². The molecule has 2 heterocycles. The fourth-order valence-corrected chi connectivity index (χ4v) is 2.61. The molecule has 3 heteroatoms. The first-order valence-corrected chi connectivity index (χ1v) is 7.11. The molecule has 106 valence electrons. The van der Waals surface area contributed by atoms with Gasteiger partial charge in [0.25, 0.3) is 0 Å². The Bertz CT molecular complexity index is 925. The lowest BCUT2D eigenvalue weighted by molar-refractivity contribution is 0.628. The van der Waals surface area contributed by atoms with Gasteiger partial charge in [-0.2, -0.15) is 0 Å². The van der Waals surface area contributed by atoms with E-state index in [-0.39, 0.29) is 5.82 Å². The van der Waals surface area contributed by atoms with Crippen LogP contribution in [0.2, 0.25) is 0 Å². The Labute approximate surface area is 127 Å². The first-order valence-electron chi connectivity index (χ1n) is 7.11. The van der Waals surface area contributed by atoms with Crippen LogP contribution in [-0.4, -0.2) is 9.38 Å². The molecule has 0 saturated heterocycles. The summed E-state index contributed by atoms with van der Waals surface area (Å²) in [6.07, 6.45) is 1.99. The van der Waals surface area contributed by atoms with E-state index in [1.165, 1.54) is 12.1 Å². The minimum Gasteiger partial charge on any atom is -0.299 e. The quantitative estimate of drug-likeness (QED) is 0.517. The van der Waals surface area contributed by atoms with Crippen LogP contribution >= 0.6 is 0 Å². The minimum atomic E-state index is -0.238. The van der Waals surface area contributed by atoms with Gasteiger partial charge in [-0.3, -0.25) is 4.40 Å². The highest BCUT2D eigenvalue weighted by atomic mass is 19.1. The highest BCUT2D eigenvalue weighted by molar-refractivity contribution is 5.68. The van der Waals surface area contributed by atoms with Crippen molar-refractivity contribution in [1.29, 1.82) is 0 Å². The monoisotopic (exact) mass is 288 g/mol. The molecule has 0 unspecified atom stereocenters. The summed E-state index contributed by atoms with van der Waals surface area (Å²) in [5.74, 6) is -0.238. The summed E-state index contributed by atoms with van der Waals surface area (Å²) in [7, 11) is 0. The van der Waals surface area contributed by atoms with Crippen LogP contribution in [0.4, 0.5) is 4.39 Å². The number of nitrogens with zero attached hydrogens (tertiary/aromatic N) is 2. The molecule has 0 bridgehead atoms. The molecule has 0 spiro atoms. The number of pyridine rings is 1. The summed E-state index contributed by atoms with van der Waals surface area (Å²) in [4.78, 5) is 4.64. The number of aromatic nitrogens is 2. The number of hydrogen-bond acceptors (Lipinski definition) is 1. The summed E-state index contributed by atoms with van der Waals surface area (Å²) in [6, 6.07) is 22.6. The summed E-state index contributed by atoms with van der Waals surface area (Å²) in [5.41, 5.74) is 4.84. The van der Waals surface area contributed by atoms with E-state index in [9.17, 15) is 4.39 Å². The highest BCUT2D eigenvalue weighted by Gasteiger charge is 2.08. The second kappa shape index (κ2) is 5.11. The van der Waals surface area contributed by atoms with E-state index in [1.807, 2.05) is 36.5 Å². The molecule has 0 fully saturated rings. The number of hydrogen-bond donors (Lipinski definition) is 0. The average Bonchev–Trinajstić information content (AvgIpc) is 3.00. The van der Waals surface area contributed by atoms with Gasteiger partial charge in [0.15, 0.2) is 0 Å². The van der Waals surface area contributed by atoms with Crippen LogP contribution in [0.1, 0.15) is 0 Å². The Morgan fingerprint density at radius 1 is 0.727 bits per heavy atom. The maximum atomic E-state index is 13.1. The van der Waals surface area contributed by atoms with Crippen LogP contribution < -0.4 is 0 Å². The summed E-state index contributed by atoms with van der Waals surface area (Å²) >= 11 is 0. The number of fused-ring (bicyclic) bond motifs is 1. The van der Waals surface area contributed by atoms with Crippen LogP contribution in [0.5, 0.6) is 0 Å². The standard InChI is InChI=1S/C19H13FN2/c20-16-11-9-14(10-12-16)17-13-22-18(7-4-8-19(22)21-17)15-5-2-1-3-6-15/h1-13H. The molecule has 2 aromatic carbocycles. The van der Waals surface area contributed by atoms with Gasteiger partial charge in [-0.25, -0.2) is 9.37 Å². The fraction of sp³-hybridized carbons (Fsp3) is 0. The number of benzene rings is 2. The first-order chi connectivity index (χ1) is 10.8. The third kappa shape index (κ3) is 2.17. The van der Waals surface area contributed by atoms with Crippen molar-refractivity contribution >= 4 is 5.65 Å². The highest BCUT2D eigenvalue weighted by Crippen LogP contribution is 2.25.